The lowest BCUT2D eigenvalue weighted by Crippen LogP contribution is -2.25. The van der Waals surface area contributed by atoms with E-state index in [1.165, 1.54) is 37.7 Å². The lowest BCUT2D eigenvalue weighted by atomic mass is 9.72. The van der Waals surface area contributed by atoms with Gasteiger partial charge in [-0.25, -0.2) is 0 Å². The smallest absolute Gasteiger partial charge is 0.0464 e. The fraction of sp³-hybridized carbons (Fsp3) is 0.571. The van der Waals surface area contributed by atoms with Gasteiger partial charge in [-0.2, -0.15) is 0 Å². The molecule has 0 bridgehead atoms. The summed E-state index contributed by atoms with van der Waals surface area (Å²) in [4.78, 5) is 0.320. The first-order valence-electron chi connectivity index (χ1n) is 6.12. The fourth-order valence-electron chi connectivity index (χ4n) is 2.70. The molecule has 1 aliphatic carbocycles. The molecule has 1 aliphatic rings. The average Bonchev–Trinajstić information content (AvgIpc) is 2.29. The summed E-state index contributed by atoms with van der Waals surface area (Å²) in [5.41, 5.74) is 1.48. The van der Waals surface area contributed by atoms with Crippen molar-refractivity contribution in [2.75, 3.05) is 0 Å². The molecule has 0 amide bonds. The van der Waals surface area contributed by atoms with Crippen molar-refractivity contribution >= 4 is 39.1 Å². The standard InChI is InChI=1S/C14H17BrCl2/c1-14(7-3-2-4-8-14)13(15)11-6-5-10(16)9-12(11)17/h5-6,9,13H,2-4,7-8H2,1H3. The fourth-order valence-corrected chi connectivity index (χ4v) is 4.20. The third-order valence-electron chi connectivity index (χ3n) is 3.84. The number of alkyl halides is 1. The molecule has 0 nitrogen and oxygen atoms in total. The number of hydrogen-bond donors (Lipinski definition) is 0. The third kappa shape index (κ3) is 3.00. The van der Waals surface area contributed by atoms with Crippen LogP contribution in [0.1, 0.15) is 49.4 Å². The highest BCUT2D eigenvalue weighted by Crippen LogP contribution is 2.51. The van der Waals surface area contributed by atoms with E-state index in [1.54, 1.807) is 0 Å². The molecule has 0 heterocycles. The van der Waals surface area contributed by atoms with Gasteiger partial charge in [0.2, 0.25) is 0 Å². The van der Waals surface area contributed by atoms with Crippen molar-refractivity contribution in [2.45, 2.75) is 43.9 Å². The van der Waals surface area contributed by atoms with Gasteiger partial charge in [0.15, 0.2) is 0 Å². The molecular weight excluding hydrogens is 319 g/mol. The van der Waals surface area contributed by atoms with Gasteiger partial charge in [-0.15, -0.1) is 0 Å². The number of hydrogen-bond acceptors (Lipinski definition) is 0. The summed E-state index contributed by atoms with van der Waals surface area (Å²) in [6.07, 6.45) is 6.54. The molecule has 1 atom stereocenters. The number of benzene rings is 1. The second-order valence-corrected chi connectivity index (χ2v) is 7.00. The van der Waals surface area contributed by atoms with E-state index < -0.39 is 0 Å². The molecule has 0 saturated heterocycles. The van der Waals surface area contributed by atoms with E-state index >= 15 is 0 Å². The molecule has 0 radical (unpaired) electrons. The summed E-state index contributed by atoms with van der Waals surface area (Å²) in [7, 11) is 0. The third-order valence-corrected chi connectivity index (χ3v) is 6.00. The zero-order valence-corrected chi connectivity index (χ0v) is 13.1. The summed E-state index contributed by atoms with van der Waals surface area (Å²) in [6, 6.07) is 5.80. The maximum atomic E-state index is 6.29. The minimum atomic E-state index is 0.315. The van der Waals surface area contributed by atoms with Crippen LogP contribution in [0, 0.1) is 5.41 Å². The average molecular weight is 336 g/mol. The van der Waals surface area contributed by atoms with Crippen molar-refractivity contribution in [2.24, 2.45) is 5.41 Å². The molecule has 1 fully saturated rings. The minimum absolute atomic E-state index is 0.315. The molecule has 17 heavy (non-hydrogen) atoms. The summed E-state index contributed by atoms with van der Waals surface area (Å²) in [6.45, 7) is 2.36. The monoisotopic (exact) mass is 334 g/mol. The predicted octanol–water partition coefficient (Wildman–Crippen LogP) is 6.40. The Bertz CT molecular complexity index is 397. The van der Waals surface area contributed by atoms with Gasteiger partial charge in [0, 0.05) is 14.9 Å². The first kappa shape index (κ1) is 13.7. The molecule has 94 valence electrons. The van der Waals surface area contributed by atoms with E-state index in [1.807, 2.05) is 18.2 Å². The highest BCUT2D eigenvalue weighted by atomic mass is 79.9. The molecular formula is C14H17BrCl2. The van der Waals surface area contributed by atoms with Gasteiger partial charge in [-0.05, 0) is 36.0 Å². The zero-order chi connectivity index (χ0) is 12.5. The van der Waals surface area contributed by atoms with Gasteiger partial charge in [0.25, 0.3) is 0 Å². The molecule has 1 aromatic carbocycles. The van der Waals surface area contributed by atoms with Crippen molar-refractivity contribution < 1.29 is 0 Å². The maximum absolute atomic E-state index is 6.29. The van der Waals surface area contributed by atoms with Gasteiger partial charge in [-0.3, -0.25) is 0 Å². The SMILES string of the molecule is CC1(C(Br)c2ccc(Cl)cc2Cl)CCCCC1. The molecule has 0 aromatic heterocycles. The van der Waals surface area contributed by atoms with Crippen LogP contribution in [-0.2, 0) is 0 Å². The second kappa shape index (κ2) is 5.50. The van der Waals surface area contributed by atoms with E-state index in [0.717, 1.165) is 5.02 Å². The molecule has 1 aromatic rings. The van der Waals surface area contributed by atoms with E-state index in [9.17, 15) is 0 Å². The highest BCUT2D eigenvalue weighted by molar-refractivity contribution is 9.09. The highest BCUT2D eigenvalue weighted by Gasteiger charge is 2.35. The Morgan fingerprint density at radius 1 is 1.18 bits per heavy atom. The van der Waals surface area contributed by atoms with Crippen LogP contribution >= 0.6 is 39.1 Å². The Balaban J connectivity index is 2.26. The van der Waals surface area contributed by atoms with Crippen LogP contribution in [0.5, 0.6) is 0 Å². The van der Waals surface area contributed by atoms with E-state index in [4.69, 9.17) is 23.2 Å². The Morgan fingerprint density at radius 3 is 2.41 bits per heavy atom. The number of rotatable bonds is 2. The molecule has 0 N–H and O–H groups in total. The van der Waals surface area contributed by atoms with Gasteiger partial charge in [0.05, 0.1) is 0 Å². The molecule has 2 rings (SSSR count). The lowest BCUT2D eigenvalue weighted by Gasteiger charge is -2.38. The van der Waals surface area contributed by atoms with Crippen LogP contribution in [0.3, 0.4) is 0 Å². The van der Waals surface area contributed by atoms with Crippen molar-refractivity contribution in [3.8, 4) is 0 Å². The Morgan fingerprint density at radius 2 is 1.82 bits per heavy atom. The van der Waals surface area contributed by atoms with Crippen molar-refractivity contribution in [3.63, 3.8) is 0 Å². The minimum Gasteiger partial charge on any atom is -0.0843 e. The second-order valence-electron chi connectivity index (χ2n) is 5.24. The van der Waals surface area contributed by atoms with Crippen molar-refractivity contribution in [3.05, 3.63) is 33.8 Å². The molecule has 0 aliphatic heterocycles. The number of halogens is 3. The Labute approximate surface area is 122 Å². The molecule has 3 heteroatoms. The van der Waals surface area contributed by atoms with Gasteiger partial charge >= 0.3 is 0 Å². The van der Waals surface area contributed by atoms with Crippen LogP contribution in [0.15, 0.2) is 18.2 Å². The van der Waals surface area contributed by atoms with E-state index in [-0.39, 0.29) is 0 Å². The lowest BCUT2D eigenvalue weighted by molar-refractivity contribution is 0.213. The van der Waals surface area contributed by atoms with Crippen LogP contribution in [-0.4, -0.2) is 0 Å². The summed E-state index contributed by atoms with van der Waals surface area (Å²) >= 11 is 16.1. The predicted molar refractivity (Wildman–Crippen MR) is 79.3 cm³/mol. The normalized spacial score (nSPS) is 21.2. The van der Waals surface area contributed by atoms with Crippen LogP contribution in [0.25, 0.3) is 0 Å². The van der Waals surface area contributed by atoms with E-state index in [0.29, 0.717) is 15.3 Å². The van der Waals surface area contributed by atoms with Crippen LogP contribution in [0.4, 0.5) is 0 Å². The zero-order valence-electron chi connectivity index (χ0n) is 9.98. The van der Waals surface area contributed by atoms with E-state index in [2.05, 4.69) is 22.9 Å². The molecule has 1 unspecified atom stereocenters. The summed E-state index contributed by atoms with van der Waals surface area (Å²) in [5, 5.41) is 1.47. The van der Waals surface area contributed by atoms with Gasteiger partial charge in [-0.1, -0.05) is 71.4 Å². The van der Waals surface area contributed by atoms with Crippen LogP contribution < -0.4 is 0 Å². The largest absolute Gasteiger partial charge is 0.0843 e. The Hall–Kier alpha value is 0.280. The molecule has 0 spiro atoms. The van der Waals surface area contributed by atoms with Crippen molar-refractivity contribution in [1.29, 1.82) is 0 Å². The van der Waals surface area contributed by atoms with Crippen molar-refractivity contribution in [1.82, 2.24) is 0 Å². The summed E-state index contributed by atoms with van der Waals surface area (Å²) in [5.74, 6) is 0. The van der Waals surface area contributed by atoms with Crippen LogP contribution in [0.2, 0.25) is 10.0 Å². The first-order chi connectivity index (χ1) is 8.03. The first-order valence-corrected chi connectivity index (χ1v) is 7.79. The summed E-state index contributed by atoms with van der Waals surface area (Å²) < 4.78 is 0. The quantitative estimate of drug-likeness (QED) is 0.548. The Kier molecular flexibility index (Phi) is 4.44. The topological polar surface area (TPSA) is 0 Å². The molecule has 1 saturated carbocycles. The van der Waals surface area contributed by atoms with Gasteiger partial charge < -0.3 is 0 Å². The van der Waals surface area contributed by atoms with Gasteiger partial charge in [0.1, 0.15) is 0 Å². The maximum Gasteiger partial charge on any atom is 0.0464 e.